The molecule has 142 valence electrons. The molecule has 0 saturated carbocycles. The monoisotopic (exact) mass is 372 g/mol. The van der Waals surface area contributed by atoms with Crippen molar-refractivity contribution in [2.45, 2.75) is 98.5 Å². The Labute approximate surface area is 154 Å². The summed E-state index contributed by atoms with van der Waals surface area (Å²) in [5.74, 6) is 0.987. The number of hydrogen-bond acceptors (Lipinski definition) is 3. The van der Waals surface area contributed by atoms with Gasteiger partial charge in [-0.2, -0.15) is 0 Å². The van der Waals surface area contributed by atoms with Crippen LogP contribution in [0.2, 0.25) is 23.2 Å². The van der Waals surface area contributed by atoms with Gasteiger partial charge < -0.3 is 8.85 Å². The SMILES string of the molecule is CC(C)C[Si](CC(C)C)(OC(=O)C(C)C[Si]OC(C)C)C(C)(C)C. The second-order valence-corrected chi connectivity index (χ2v) is 14.7. The summed E-state index contributed by atoms with van der Waals surface area (Å²) in [7, 11) is -1.83. The van der Waals surface area contributed by atoms with Crippen LogP contribution < -0.4 is 0 Å². The first-order valence-electron chi connectivity index (χ1n) is 9.42. The molecule has 0 aliphatic carbocycles. The van der Waals surface area contributed by atoms with Gasteiger partial charge in [-0.15, -0.1) is 0 Å². The van der Waals surface area contributed by atoms with Crippen molar-refractivity contribution in [3.05, 3.63) is 0 Å². The van der Waals surface area contributed by atoms with E-state index in [0.29, 0.717) is 21.6 Å². The Bertz CT molecular complexity index is 363. The van der Waals surface area contributed by atoms with Gasteiger partial charge in [-0.1, -0.05) is 55.4 Å². The third-order valence-corrected chi connectivity index (χ3v) is 11.9. The van der Waals surface area contributed by atoms with Gasteiger partial charge in [-0.25, -0.2) is 0 Å². The summed E-state index contributed by atoms with van der Waals surface area (Å²) in [6, 6.07) is 2.84. The lowest BCUT2D eigenvalue weighted by Crippen LogP contribution is -2.51. The molecule has 0 aromatic rings. The summed E-state index contributed by atoms with van der Waals surface area (Å²) in [4.78, 5) is 12.8. The zero-order chi connectivity index (χ0) is 19.1. The van der Waals surface area contributed by atoms with Gasteiger partial charge in [0.15, 0.2) is 0 Å². The molecule has 0 bridgehead atoms. The molecule has 0 aliphatic rings. The van der Waals surface area contributed by atoms with Crippen molar-refractivity contribution in [2.75, 3.05) is 0 Å². The molecule has 0 rings (SSSR count). The second-order valence-electron chi connectivity index (χ2n) is 9.28. The molecule has 0 heterocycles. The maximum atomic E-state index is 12.8. The van der Waals surface area contributed by atoms with Crippen molar-refractivity contribution >= 4 is 24.0 Å². The van der Waals surface area contributed by atoms with E-state index < -0.39 is 8.32 Å². The normalized spacial score (nSPS) is 14.5. The van der Waals surface area contributed by atoms with Gasteiger partial charge in [0.1, 0.15) is 0 Å². The lowest BCUT2D eigenvalue weighted by Gasteiger charge is -2.44. The minimum atomic E-state index is -2.20. The van der Waals surface area contributed by atoms with Crippen molar-refractivity contribution in [3.8, 4) is 0 Å². The van der Waals surface area contributed by atoms with Crippen molar-refractivity contribution < 1.29 is 13.6 Å². The standard InChI is InChI=1S/C19H40O3Si2/c1-14(2)12-24(13-15(3)4,19(8,9)10)22-18(20)17(7)11-23-21-16(5)6/h14-17H,11-13H2,1-10H3. The molecule has 24 heavy (non-hydrogen) atoms. The highest BCUT2D eigenvalue weighted by Crippen LogP contribution is 2.46. The zero-order valence-corrected chi connectivity index (χ0v) is 19.7. The third kappa shape index (κ3) is 8.30. The Hall–Kier alpha value is -0.136. The molecule has 2 radical (unpaired) electrons. The van der Waals surface area contributed by atoms with Crippen LogP contribution in [0, 0.1) is 17.8 Å². The van der Waals surface area contributed by atoms with Crippen molar-refractivity contribution in [1.82, 2.24) is 0 Å². The van der Waals surface area contributed by atoms with E-state index in [9.17, 15) is 4.79 Å². The fourth-order valence-electron chi connectivity index (χ4n) is 2.97. The lowest BCUT2D eigenvalue weighted by molar-refractivity contribution is -0.139. The van der Waals surface area contributed by atoms with Crippen molar-refractivity contribution in [1.29, 1.82) is 0 Å². The van der Waals surface area contributed by atoms with Crippen LogP contribution in [0.5, 0.6) is 0 Å². The maximum absolute atomic E-state index is 12.8. The number of carbonyl (C=O) groups excluding carboxylic acids is 1. The quantitative estimate of drug-likeness (QED) is 0.462. The Balaban J connectivity index is 5.18. The third-order valence-electron chi connectivity index (χ3n) is 4.25. The van der Waals surface area contributed by atoms with Crippen molar-refractivity contribution in [2.24, 2.45) is 17.8 Å². The van der Waals surface area contributed by atoms with Crippen LogP contribution in [-0.4, -0.2) is 30.2 Å². The Kier molecular flexibility index (Phi) is 10.1. The second kappa shape index (κ2) is 10.1. The highest BCUT2D eigenvalue weighted by atomic mass is 28.4. The molecular weight excluding hydrogens is 332 g/mol. The van der Waals surface area contributed by atoms with E-state index in [2.05, 4.69) is 48.5 Å². The average Bonchev–Trinajstić information content (AvgIpc) is 2.34. The number of hydrogen-bond donors (Lipinski definition) is 0. The summed E-state index contributed by atoms with van der Waals surface area (Å²) >= 11 is 0. The minimum Gasteiger partial charge on any atom is -0.518 e. The molecule has 0 aromatic heterocycles. The van der Waals surface area contributed by atoms with Crippen LogP contribution in [0.4, 0.5) is 0 Å². The van der Waals surface area contributed by atoms with Crippen LogP contribution >= 0.6 is 0 Å². The molecule has 0 aliphatic heterocycles. The van der Waals surface area contributed by atoms with Crippen LogP contribution in [-0.2, 0) is 13.6 Å². The van der Waals surface area contributed by atoms with Gasteiger partial charge in [-0.05, 0) is 48.9 Å². The Morgan fingerprint density at radius 1 is 0.958 bits per heavy atom. The highest BCUT2D eigenvalue weighted by molar-refractivity contribution is 6.78. The smallest absolute Gasteiger partial charge is 0.295 e. The van der Waals surface area contributed by atoms with Gasteiger partial charge in [0.2, 0.25) is 9.76 Å². The predicted octanol–water partition coefficient (Wildman–Crippen LogP) is 5.69. The first-order chi connectivity index (χ1) is 10.8. The molecule has 5 heteroatoms. The van der Waals surface area contributed by atoms with Gasteiger partial charge in [0.05, 0.1) is 5.92 Å². The topological polar surface area (TPSA) is 35.5 Å². The van der Waals surface area contributed by atoms with Gasteiger partial charge >= 0.3 is 0 Å². The Morgan fingerprint density at radius 2 is 1.42 bits per heavy atom. The zero-order valence-electron chi connectivity index (χ0n) is 17.7. The summed E-state index contributed by atoms with van der Waals surface area (Å²) < 4.78 is 12.0. The van der Waals surface area contributed by atoms with Crippen LogP contribution in [0.15, 0.2) is 0 Å². The first-order valence-corrected chi connectivity index (χ1v) is 12.9. The summed E-state index contributed by atoms with van der Waals surface area (Å²) in [5, 5.41) is 0.0492. The van der Waals surface area contributed by atoms with E-state index in [-0.39, 0.29) is 23.0 Å². The number of rotatable bonds is 10. The van der Waals surface area contributed by atoms with E-state index in [0.717, 1.165) is 18.1 Å². The Morgan fingerprint density at radius 3 is 1.75 bits per heavy atom. The molecule has 0 saturated heterocycles. The van der Waals surface area contributed by atoms with Gasteiger partial charge in [0.25, 0.3) is 14.3 Å². The molecule has 0 N–H and O–H groups in total. The first kappa shape index (κ1) is 23.9. The number of carbonyl (C=O) groups is 1. The summed E-state index contributed by atoms with van der Waals surface area (Å²) in [5.41, 5.74) is 0. The molecular formula is C19H40O3Si2. The maximum Gasteiger partial charge on any atom is 0.295 e. The van der Waals surface area contributed by atoms with Crippen LogP contribution in [0.1, 0.15) is 69.2 Å². The minimum absolute atomic E-state index is 0.0160. The molecule has 0 amide bonds. The van der Waals surface area contributed by atoms with E-state index in [4.69, 9.17) is 8.85 Å². The fraction of sp³-hybridized carbons (Fsp3) is 0.947. The van der Waals surface area contributed by atoms with E-state index in [1.54, 1.807) is 0 Å². The molecule has 3 nitrogen and oxygen atoms in total. The average molecular weight is 373 g/mol. The van der Waals surface area contributed by atoms with Crippen LogP contribution in [0.25, 0.3) is 0 Å². The largest absolute Gasteiger partial charge is 0.518 e. The van der Waals surface area contributed by atoms with Gasteiger partial charge in [-0.3, -0.25) is 4.79 Å². The highest BCUT2D eigenvalue weighted by Gasteiger charge is 2.50. The van der Waals surface area contributed by atoms with E-state index in [1.165, 1.54) is 0 Å². The molecule has 0 aromatic carbocycles. The molecule has 0 fully saturated rings. The molecule has 1 unspecified atom stereocenters. The summed E-state index contributed by atoms with van der Waals surface area (Å²) in [6.07, 6.45) is 0.219. The molecule has 1 atom stereocenters. The fourth-order valence-corrected chi connectivity index (χ4v) is 8.90. The molecule has 0 spiro atoms. The van der Waals surface area contributed by atoms with E-state index in [1.807, 2.05) is 20.8 Å². The van der Waals surface area contributed by atoms with E-state index >= 15 is 0 Å². The lowest BCUT2D eigenvalue weighted by atomic mass is 10.2. The van der Waals surface area contributed by atoms with Crippen molar-refractivity contribution in [3.63, 3.8) is 0 Å². The van der Waals surface area contributed by atoms with Gasteiger partial charge in [0, 0.05) is 6.10 Å². The summed E-state index contributed by atoms with van der Waals surface area (Å²) in [6.45, 7) is 21.8. The van der Waals surface area contributed by atoms with Crippen LogP contribution in [0.3, 0.4) is 0 Å². The predicted molar refractivity (Wildman–Crippen MR) is 107 cm³/mol.